The highest BCUT2D eigenvalue weighted by molar-refractivity contribution is 5.44. The molecule has 0 bridgehead atoms. The Morgan fingerprint density at radius 1 is 1.11 bits per heavy atom. The molecule has 2 aromatic rings. The first-order chi connectivity index (χ1) is 9.15. The molecule has 1 aromatic heterocycles. The molecule has 1 N–H and O–H groups in total. The number of benzene rings is 1. The van der Waals surface area contributed by atoms with Crippen molar-refractivity contribution >= 4 is 0 Å². The van der Waals surface area contributed by atoms with Crippen LogP contribution in [0.5, 0.6) is 11.5 Å². The molecule has 1 aromatic carbocycles. The molecule has 0 fully saturated rings. The van der Waals surface area contributed by atoms with E-state index in [0.29, 0.717) is 22.8 Å². The Balaban J connectivity index is 2.37. The van der Waals surface area contributed by atoms with Crippen LogP contribution in [0.3, 0.4) is 0 Å². The van der Waals surface area contributed by atoms with Gasteiger partial charge in [0.15, 0.2) is 0 Å². The molecule has 1 heterocycles. The molecule has 100 valence electrons. The third kappa shape index (κ3) is 2.82. The third-order valence-electron chi connectivity index (χ3n) is 2.82. The van der Waals surface area contributed by atoms with Gasteiger partial charge in [0.2, 0.25) is 0 Å². The van der Waals surface area contributed by atoms with Crippen LogP contribution < -0.4 is 9.47 Å². The van der Waals surface area contributed by atoms with Crippen LogP contribution >= 0.6 is 0 Å². The van der Waals surface area contributed by atoms with Crippen LogP contribution in [0, 0.1) is 6.92 Å². The maximum Gasteiger partial charge on any atom is 0.128 e. The van der Waals surface area contributed by atoms with Crippen LogP contribution in [0.25, 0.3) is 0 Å². The van der Waals surface area contributed by atoms with Crippen molar-refractivity contribution in [1.82, 2.24) is 9.97 Å². The number of hydrogen-bond acceptors (Lipinski definition) is 5. The van der Waals surface area contributed by atoms with Crippen molar-refractivity contribution in [3.05, 3.63) is 47.5 Å². The van der Waals surface area contributed by atoms with Crippen LogP contribution in [0.1, 0.15) is 23.1 Å². The number of rotatable bonds is 4. The second-order valence-electron chi connectivity index (χ2n) is 4.09. The van der Waals surface area contributed by atoms with E-state index in [0.717, 1.165) is 5.69 Å². The van der Waals surface area contributed by atoms with E-state index < -0.39 is 6.10 Å². The third-order valence-corrected chi connectivity index (χ3v) is 2.82. The largest absolute Gasteiger partial charge is 0.497 e. The van der Waals surface area contributed by atoms with Crippen molar-refractivity contribution in [1.29, 1.82) is 0 Å². The zero-order valence-corrected chi connectivity index (χ0v) is 11.1. The molecule has 5 heteroatoms. The molecule has 0 amide bonds. The van der Waals surface area contributed by atoms with Crippen molar-refractivity contribution < 1.29 is 14.6 Å². The SMILES string of the molecule is COc1ccc(C(O)c2cnc(C)cn2)c(OC)c1. The summed E-state index contributed by atoms with van der Waals surface area (Å²) in [7, 11) is 3.13. The molecule has 0 aliphatic heterocycles. The Labute approximate surface area is 111 Å². The minimum atomic E-state index is -0.881. The average Bonchev–Trinajstić information content (AvgIpc) is 2.46. The molecule has 2 rings (SSSR count). The van der Waals surface area contributed by atoms with Crippen molar-refractivity contribution in [2.24, 2.45) is 0 Å². The lowest BCUT2D eigenvalue weighted by molar-refractivity contribution is 0.209. The van der Waals surface area contributed by atoms with Gasteiger partial charge in [0.1, 0.15) is 17.6 Å². The summed E-state index contributed by atoms with van der Waals surface area (Å²) in [5.41, 5.74) is 1.91. The first-order valence-electron chi connectivity index (χ1n) is 5.84. The van der Waals surface area contributed by atoms with Gasteiger partial charge in [-0.2, -0.15) is 0 Å². The molecule has 1 unspecified atom stereocenters. The highest BCUT2D eigenvalue weighted by Gasteiger charge is 2.17. The second kappa shape index (κ2) is 5.67. The zero-order chi connectivity index (χ0) is 13.8. The number of nitrogens with zero attached hydrogens (tertiary/aromatic N) is 2. The fourth-order valence-corrected chi connectivity index (χ4v) is 1.75. The summed E-state index contributed by atoms with van der Waals surface area (Å²) in [5.74, 6) is 1.22. The fourth-order valence-electron chi connectivity index (χ4n) is 1.75. The summed E-state index contributed by atoms with van der Waals surface area (Å²) in [4.78, 5) is 8.30. The van der Waals surface area contributed by atoms with Gasteiger partial charge in [-0.05, 0) is 19.1 Å². The van der Waals surface area contributed by atoms with Crippen molar-refractivity contribution in [3.63, 3.8) is 0 Å². The summed E-state index contributed by atoms with van der Waals surface area (Å²) in [6.07, 6.45) is 2.30. The zero-order valence-electron chi connectivity index (χ0n) is 11.1. The van der Waals surface area contributed by atoms with E-state index in [9.17, 15) is 5.11 Å². The molecule has 0 spiro atoms. The Kier molecular flexibility index (Phi) is 3.97. The van der Waals surface area contributed by atoms with E-state index >= 15 is 0 Å². The molecule has 0 aliphatic carbocycles. The van der Waals surface area contributed by atoms with E-state index in [2.05, 4.69) is 9.97 Å². The Bertz CT molecular complexity index is 555. The number of aliphatic hydroxyl groups excluding tert-OH is 1. The van der Waals surface area contributed by atoms with Gasteiger partial charge < -0.3 is 14.6 Å². The van der Waals surface area contributed by atoms with Gasteiger partial charge >= 0.3 is 0 Å². The summed E-state index contributed by atoms with van der Waals surface area (Å²) < 4.78 is 10.4. The quantitative estimate of drug-likeness (QED) is 0.909. The van der Waals surface area contributed by atoms with Crippen molar-refractivity contribution in [2.75, 3.05) is 14.2 Å². The predicted octanol–water partition coefficient (Wildman–Crippen LogP) is 1.88. The van der Waals surface area contributed by atoms with E-state index in [-0.39, 0.29) is 0 Å². The minimum absolute atomic E-state index is 0.481. The standard InChI is InChI=1S/C14H16N2O3/c1-9-7-16-12(8-15-9)14(17)11-5-4-10(18-2)6-13(11)19-3/h4-8,14,17H,1-3H3. The maximum absolute atomic E-state index is 10.3. The first kappa shape index (κ1) is 13.3. The Morgan fingerprint density at radius 2 is 1.89 bits per heavy atom. The maximum atomic E-state index is 10.3. The van der Waals surface area contributed by atoms with E-state index in [1.807, 2.05) is 6.92 Å². The molecule has 19 heavy (non-hydrogen) atoms. The smallest absolute Gasteiger partial charge is 0.128 e. The monoisotopic (exact) mass is 260 g/mol. The van der Waals surface area contributed by atoms with E-state index in [4.69, 9.17) is 9.47 Å². The van der Waals surface area contributed by atoms with Gasteiger partial charge in [-0.3, -0.25) is 9.97 Å². The lowest BCUT2D eigenvalue weighted by atomic mass is 10.1. The summed E-state index contributed by atoms with van der Waals surface area (Å²) in [6, 6.07) is 5.24. The van der Waals surface area contributed by atoms with Gasteiger partial charge in [-0.15, -0.1) is 0 Å². The van der Waals surface area contributed by atoms with Crippen LogP contribution in [0.2, 0.25) is 0 Å². The van der Waals surface area contributed by atoms with E-state index in [1.54, 1.807) is 44.8 Å². The number of aliphatic hydroxyl groups is 1. The average molecular weight is 260 g/mol. The lowest BCUT2D eigenvalue weighted by Crippen LogP contribution is -2.05. The molecule has 1 atom stereocenters. The summed E-state index contributed by atoms with van der Waals surface area (Å²) >= 11 is 0. The molecule has 0 aliphatic rings. The number of methoxy groups -OCH3 is 2. The minimum Gasteiger partial charge on any atom is -0.497 e. The number of ether oxygens (including phenoxy) is 2. The predicted molar refractivity (Wildman–Crippen MR) is 70.4 cm³/mol. The lowest BCUT2D eigenvalue weighted by Gasteiger charge is -2.15. The van der Waals surface area contributed by atoms with Crippen molar-refractivity contribution in [2.45, 2.75) is 13.0 Å². The van der Waals surface area contributed by atoms with Gasteiger partial charge in [-0.1, -0.05) is 0 Å². The Hall–Kier alpha value is -2.14. The highest BCUT2D eigenvalue weighted by Crippen LogP contribution is 2.31. The van der Waals surface area contributed by atoms with Crippen LogP contribution in [-0.2, 0) is 0 Å². The van der Waals surface area contributed by atoms with Gasteiger partial charge in [0, 0.05) is 17.8 Å². The topological polar surface area (TPSA) is 64.5 Å². The fraction of sp³-hybridized carbons (Fsp3) is 0.286. The summed E-state index contributed by atoms with van der Waals surface area (Å²) in [6.45, 7) is 1.84. The van der Waals surface area contributed by atoms with Crippen LogP contribution in [0.15, 0.2) is 30.6 Å². The van der Waals surface area contributed by atoms with Crippen molar-refractivity contribution in [3.8, 4) is 11.5 Å². The number of hydrogen-bond donors (Lipinski definition) is 1. The first-order valence-corrected chi connectivity index (χ1v) is 5.84. The van der Waals surface area contributed by atoms with Gasteiger partial charge in [-0.25, -0.2) is 0 Å². The molecule has 0 radical (unpaired) electrons. The van der Waals surface area contributed by atoms with Crippen LogP contribution in [0.4, 0.5) is 0 Å². The number of aromatic nitrogens is 2. The van der Waals surface area contributed by atoms with Crippen LogP contribution in [-0.4, -0.2) is 29.3 Å². The molecular formula is C14H16N2O3. The summed E-state index contributed by atoms with van der Waals surface area (Å²) in [5, 5.41) is 10.3. The molecule has 5 nitrogen and oxygen atoms in total. The van der Waals surface area contributed by atoms with Gasteiger partial charge in [0.05, 0.1) is 31.8 Å². The molecule has 0 saturated carbocycles. The highest BCUT2D eigenvalue weighted by atomic mass is 16.5. The second-order valence-corrected chi connectivity index (χ2v) is 4.09. The number of aryl methyl sites for hydroxylation is 1. The van der Waals surface area contributed by atoms with Gasteiger partial charge in [0.25, 0.3) is 0 Å². The van der Waals surface area contributed by atoms with E-state index in [1.165, 1.54) is 0 Å². The molecule has 0 saturated heterocycles. The Morgan fingerprint density at radius 3 is 2.47 bits per heavy atom. The molecular weight excluding hydrogens is 244 g/mol. The normalized spacial score (nSPS) is 12.0.